The molecule has 0 saturated carbocycles. The molecule has 1 atom stereocenters. The van der Waals surface area contributed by atoms with Crippen molar-refractivity contribution in [3.05, 3.63) is 29.8 Å². The van der Waals surface area contributed by atoms with Crippen molar-refractivity contribution in [1.82, 2.24) is 5.01 Å². The van der Waals surface area contributed by atoms with E-state index in [0.29, 0.717) is 19.4 Å². The van der Waals surface area contributed by atoms with Gasteiger partial charge in [-0.2, -0.15) is 0 Å². The fraction of sp³-hybridized carbons (Fsp3) is 0.429. The van der Waals surface area contributed by atoms with Gasteiger partial charge in [-0.25, -0.2) is 0 Å². The van der Waals surface area contributed by atoms with Gasteiger partial charge in [-0.05, 0) is 24.1 Å². The maximum Gasteiger partial charge on any atom is 0.306 e. The minimum absolute atomic E-state index is 0.101. The number of anilines is 1. The lowest BCUT2D eigenvalue weighted by atomic mass is 10.0. The van der Waals surface area contributed by atoms with Gasteiger partial charge in [0.1, 0.15) is 0 Å². The molecule has 0 spiro atoms. The van der Waals surface area contributed by atoms with Gasteiger partial charge in [0.25, 0.3) is 0 Å². The Morgan fingerprint density at radius 2 is 2.21 bits per heavy atom. The highest BCUT2D eigenvalue weighted by Crippen LogP contribution is 2.23. The van der Waals surface area contributed by atoms with Crippen molar-refractivity contribution in [3.8, 4) is 0 Å². The Labute approximate surface area is 112 Å². The first-order valence-corrected chi connectivity index (χ1v) is 6.35. The van der Waals surface area contributed by atoms with Gasteiger partial charge in [0.05, 0.1) is 11.6 Å². The molecule has 1 saturated heterocycles. The average molecular weight is 262 g/mol. The molecule has 0 bridgehead atoms. The van der Waals surface area contributed by atoms with Gasteiger partial charge >= 0.3 is 5.97 Å². The Balaban J connectivity index is 2.15. The third-order valence-electron chi connectivity index (χ3n) is 3.43. The molecule has 0 aliphatic carbocycles. The van der Waals surface area contributed by atoms with Gasteiger partial charge in [-0.15, -0.1) is 0 Å². The zero-order valence-corrected chi connectivity index (χ0v) is 11.2. The number of carbonyl (C=O) groups excluding carboxylic acids is 1. The molecule has 1 aromatic carbocycles. The van der Waals surface area contributed by atoms with Crippen molar-refractivity contribution in [3.63, 3.8) is 0 Å². The van der Waals surface area contributed by atoms with E-state index in [1.165, 1.54) is 0 Å². The number of carboxylic acids is 1. The van der Waals surface area contributed by atoms with Crippen molar-refractivity contribution < 1.29 is 14.7 Å². The Kier molecular flexibility index (Phi) is 3.74. The van der Waals surface area contributed by atoms with Gasteiger partial charge in [-0.3, -0.25) is 19.6 Å². The molecule has 1 heterocycles. The van der Waals surface area contributed by atoms with Gasteiger partial charge in [-0.1, -0.05) is 19.1 Å². The SMILES string of the molecule is CC(Cc1cccc(N2CCC(=O)N2C)c1)C(=O)O. The minimum atomic E-state index is -0.793. The highest BCUT2D eigenvalue weighted by Gasteiger charge is 2.25. The van der Waals surface area contributed by atoms with Crippen LogP contribution in [-0.2, 0) is 16.0 Å². The molecule has 2 rings (SSSR count). The zero-order valence-electron chi connectivity index (χ0n) is 11.2. The number of hydrazine groups is 1. The van der Waals surface area contributed by atoms with E-state index in [4.69, 9.17) is 5.11 Å². The molecule has 1 fully saturated rings. The first-order chi connectivity index (χ1) is 8.99. The molecule has 1 N–H and O–H groups in total. The summed E-state index contributed by atoms with van der Waals surface area (Å²) in [6.07, 6.45) is 1.01. The molecule has 1 aromatic rings. The molecule has 0 aromatic heterocycles. The van der Waals surface area contributed by atoms with E-state index in [1.807, 2.05) is 29.3 Å². The Bertz CT molecular complexity index is 501. The quantitative estimate of drug-likeness (QED) is 0.894. The fourth-order valence-corrected chi connectivity index (χ4v) is 2.24. The number of amides is 1. The number of hydrogen-bond donors (Lipinski definition) is 1. The summed E-state index contributed by atoms with van der Waals surface area (Å²) < 4.78 is 0. The topological polar surface area (TPSA) is 60.9 Å². The van der Waals surface area contributed by atoms with Crippen molar-refractivity contribution in [2.24, 2.45) is 5.92 Å². The average Bonchev–Trinajstić information content (AvgIpc) is 2.70. The van der Waals surface area contributed by atoms with E-state index in [2.05, 4.69) is 0 Å². The van der Waals surface area contributed by atoms with Crippen LogP contribution in [0.15, 0.2) is 24.3 Å². The van der Waals surface area contributed by atoms with Crippen molar-refractivity contribution in [2.75, 3.05) is 18.6 Å². The fourth-order valence-electron chi connectivity index (χ4n) is 2.24. The molecule has 5 heteroatoms. The number of carboxylic acid groups (broad SMARTS) is 1. The predicted octanol–water partition coefficient (Wildman–Crippen LogP) is 1.53. The molecule has 1 amide bonds. The van der Waals surface area contributed by atoms with E-state index in [9.17, 15) is 9.59 Å². The van der Waals surface area contributed by atoms with Crippen LogP contribution in [-0.4, -0.2) is 35.6 Å². The van der Waals surface area contributed by atoms with E-state index < -0.39 is 11.9 Å². The summed E-state index contributed by atoms with van der Waals surface area (Å²) in [6.45, 7) is 2.37. The summed E-state index contributed by atoms with van der Waals surface area (Å²) in [5.74, 6) is -1.10. The largest absolute Gasteiger partial charge is 0.481 e. The lowest BCUT2D eigenvalue weighted by Gasteiger charge is -2.26. The highest BCUT2D eigenvalue weighted by atomic mass is 16.4. The Hall–Kier alpha value is -2.04. The van der Waals surface area contributed by atoms with Crippen LogP contribution in [0.2, 0.25) is 0 Å². The Morgan fingerprint density at radius 3 is 2.79 bits per heavy atom. The van der Waals surface area contributed by atoms with E-state index in [-0.39, 0.29) is 5.91 Å². The summed E-state index contributed by atoms with van der Waals surface area (Å²) in [6, 6.07) is 7.70. The van der Waals surface area contributed by atoms with Crippen LogP contribution < -0.4 is 5.01 Å². The lowest BCUT2D eigenvalue weighted by Crippen LogP contribution is -2.35. The minimum Gasteiger partial charge on any atom is -0.481 e. The van der Waals surface area contributed by atoms with Gasteiger partial charge in [0.2, 0.25) is 5.91 Å². The molecular weight excluding hydrogens is 244 g/mol. The van der Waals surface area contributed by atoms with E-state index in [1.54, 1.807) is 19.0 Å². The van der Waals surface area contributed by atoms with Crippen LogP contribution >= 0.6 is 0 Å². The molecule has 0 radical (unpaired) electrons. The van der Waals surface area contributed by atoms with E-state index in [0.717, 1.165) is 11.3 Å². The zero-order chi connectivity index (χ0) is 14.0. The van der Waals surface area contributed by atoms with Crippen LogP contribution in [0.4, 0.5) is 5.69 Å². The molecule has 5 nitrogen and oxygen atoms in total. The monoisotopic (exact) mass is 262 g/mol. The van der Waals surface area contributed by atoms with Crippen molar-refractivity contribution in [1.29, 1.82) is 0 Å². The van der Waals surface area contributed by atoms with Gasteiger partial charge < -0.3 is 5.11 Å². The van der Waals surface area contributed by atoms with Crippen LogP contribution in [0.1, 0.15) is 18.9 Å². The molecule has 1 aliphatic rings. The van der Waals surface area contributed by atoms with Crippen LogP contribution in [0, 0.1) is 5.92 Å². The molecule has 102 valence electrons. The summed E-state index contributed by atoms with van der Waals surface area (Å²) in [7, 11) is 1.75. The van der Waals surface area contributed by atoms with Crippen LogP contribution in [0.5, 0.6) is 0 Å². The Morgan fingerprint density at radius 1 is 1.47 bits per heavy atom. The maximum absolute atomic E-state index is 11.5. The second-order valence-corrected chi connectivity index (χ2v) is 4.90. The second-order valence-electron chi connectivity index (χ2n) is 4.90. The van der Waals surface area contributed by atoms with Crippen LogP contribution in [0.25, 0.3) is 0 Å². The first-order valence-electron chi connectivity index (χ1n) is 6.35. The lowest BCUT2D eigenvalue weighted by molar-refractivity contribution is -0.141. The second kappa shape index (κ2) is 5.30. The van der Waals surface area contributed by atoms with Gasteiger partial charge in [0, 0.05) is 20.0 Å². The third kappa shape index (κ3) is 2.86. The van der Waals surface area contributed by atoms with Crippen LogP contribution in [0.3, 0.4) is 0 Å². The highest BCUT2D eigenvalue weighted by molar-refractivity contribution is 5.81. The van der Waals surface area contributed by atoms with Crippen molar-refractivity contribution in [2.45, 2.75) is 19.8 Å². The predicted molar refractivity (Wildman–Crippen MR) is 71.7 cm³/mol. The first kappa shape index (κ1) is 13.4. The molecule has 1 unspecified atom stereocenters. The number of nitrogens with zero attached hydrogens (tertiary/aromatic N) is 2. The number of hydrogen-bond acceptors (Lipinski definition) is 3. The van der Waals surface area contributed by atoms with Gasteiger partial charge in [0.15, 0.2) is 0 Å². The number of rotatable bonds is 4. The summed E-state index contributed by atoms with van der Waals surface area (Å²) >= 11 is 0. The number of carbonyl (C=O) groups is 2. The van der Waals surface area contributed by atoms with E-state index >= 15 is 0 Å². The maximum atomic E-state index is 11.5. The molecule has 19 heavy (non-hydrogen) atoms. The summed E-state index contributed by atoms with van der Waals surface area (Å²) in [5.41, 5.74) is 1.91. The summed E-state index contributed by atoms with van der Waals surface area (Å²) in [4.78, 5) is 22.4. The number of aliphatic carboxylic acids is 1. The molecule has 1 aliphatic heterocycles. The standard InChI is InChI=1S/C14H18N2O3/c1-10(14(18)19)8-11-4-3-5-12(9-11)16-7-6-13(17)15(16)2/h3-5,9-10H,6-8H2,1-2H3,(H,18,19). The molecular formula is C14H18N2O3. The summed E-state index contributed by atoms with van der Waals surface area (Å²) in [5, 5.41) is 12.5. The third-order valence-corrected chi connectivity index (χ3v) is 3.43. The number of benzene rings is 1. The normalized spacial score (nSPS) is 16.8. The smallest absolute Gasteiger partial charge is 0.306 e. The van der Waals surface area contributed by atoms with Crippen molar-refractivity contribution >= 4 is 17.6 Å².